The second kappa shape index (κ2) is 6.36. The van der Waals surface area contributed by atoms with Crippen LogP contribution in [0.15, 0.2) is 35.2 Å². The fourth-order valence-corrected chi connectivity index (χ4v) is 3.66. The molecule has 1 aliphatic heterocycles. The molecule has 0 spiro atoms. The average molecular weight is 342 g/mol. The van der Waals surface area contributed by atoms with Gasteiger partial charge in [0, 0.05) is 32.5 Å². The van der Waals surface area contributed by atoms with Gasteiger partial charge < -0.3 is 15.2 Å². The number of hydrogen-bond acceptors (Lipinski definition) is 4. The normalized spacial score (nSPS) is 13.6. The van der Waals surface area contributed by atoms with E-state index in [0.717, 1.165) is 21.8 Å². The molecule has 0 saturated carbocycles. The number of halogens is 2. The maximum atomic E-state index is 6.19. The third kappa shape index (κ3) is 3.40. The molecular weight excluding hydrogens is 329 g/mol. The molecule has 2 aromatic carbocycles. The van der Waals surface area contributed by atoms with Crippen LogP contribution in [0.4, 0.5) is 5.69 Å². The number of benzene rings is 2. The van der Waals surface area contributed by atoms with Gasteiger partial charge in [0.25, 0.3) is 0 Å². The molecular formula is C15H13Cl2NO2S. The number of nitrogens with two attached hydrogens (primary N) is 1. The third-order valence-corrected chi connectivity index (χ3v) is 4.86. The average Bonchev–Trinajstić information content (AvgIpc) is 2.46. The van der Waals surface area contributed by atoms with Crippen LogP contribution in [0.3, 0.4) is 0 Å². The van der Waals surface area contributed by atoms with Gasteiger partial charge in [-0.25, -0.2) is 0 Å². The van der Waals surface area contributed by atoms with Crippen molar-refractivity contribution in [2.24, 2.45) is 0 Å². The van der Waals surface area contributed by atoms with Gasteiger partial charge in [0.05, 0.1) is 11.6 Å². The smallest absolute Gasteiger partial charge is 0.189 e. The van der Waals surface area contributed by atoms with Crippen LogP contribution in [0.1, 0.15) is 11.1 Å². The Hall–Kier alpha value is -1.07. The molecule has 6 heteroatoms. The molecule has 0 unspecified atom stereocenters. The van der Waals surface area contributed by atoms with Gasteiger partial charge in [0.1, 0.15) is 5.75 Å². The molecule has 3 nitrogen and oxygen atoms in total. The molecule has 1 heterocycles. The maximum Gasteiger partial charge on any atom is 0.189 e. The van der Waals surface area contributed by atoms with Crippen molar-refractivity contribution < 1.29 is 9.47 Å². The van der Waals surface area contributed by atoms with Crippen LogP contribution >= 0.6 is 35.0 Å². The van der Waals surface area contributed by atoms with E-state index in [4.69, 9.17) is 38.4 Å². The van der Waals surface area contributed by atoms with E-state index in [1.165, 1.54) is 0 Å². The van der Waals surface area contributed by atoms with Crippen molar-refractivity contribution in [2.75, 3.05) is 12.5 Å². The van der Waals surface area contributed by atoms with Crippen molar-refractivity contribution in [2.45, 2.75) is 17.3 Å². The molecule has 0 fully saturated rings. The van der Waals surface area contributed by atoms with Gasteiger partial charge >= 0.3 is 0 Å². The van der Waals surface area contributed by atoms with Crippen LogP contribution in [0, 0.1) is 0 Å². The summed E-state index contributed by atoms with van der Waals surface area (Å²) in [6.07, 6.45) is 0. The monoisotopic (exact) mass is 341 g/mol. The summed E-state index contributed by atoms with van der Waals surface area (Å²) in [5.41, 5.74) is 8.38. The number of fused-ring (bicyclic) bond motifs is 1. The summed E-state index contributed by atoms with van der Waals surface area (Å²) in [6.45, 7) is 0.797. The lowest BCUT2D eigenvalue weighted by molar-refractivity contribution is -0.0168. The van der Waals surface area contributed by atoms with Crippen molar-refractivity contribution in [3.05, 3.63) is 51.5 Å². The summed E-state index contributed by atoms with van der Waals surface area (Å²) >= 11 is 14.0. The second-order valence-electron chi connectivity index (χ2n) is 4.64. The van der Waals surface area contributed by atoms with E-state index in [2.05, 4.69) is 0 Å². The van der Waals surface area contributed by atoms with Crippen molar-refractivity contribution in [1.29, 1.82) is 0 Å². The van der Waals surface area contributed by atoms with E-state index < -0.39 is 0 Å². The minimum Gasteiger partial charge on any atom is -0.467 e. The molecule has 3 rings (SSSR count). The number of ether oxygens (including phenoxy) is 2. The third-order valence-electron chi connectivity index (χ3n) is 3.09. The Bertz CT molecular complexity index is 679. The van der Waals surface area contributed by atoms with Crippen LogP contribution in [0.2, 0.25) is 10.0 Å². The van der Waals surface area contributed by atoms with E-state index in [-0.39, 0.29) is 6.79 Å². The molecule has 0 aliphatic carbocycles. The summed E-state index contributed by atoms with van der Waals surface area (Å²) in [7, 11) is 0. The van der Waals surface area contributed by atoms with Crippen LogP contribution in [-0.4, -0.2) is 6.79 Å². The molecule has 0 radical (unpaired) electrons. The predicted molar refractivity (Wildman–Crippen MR) is 87.2 cm³/mol. The summed E-state index contributed by atoms with van der Waals surface area (Å²) in [6, 6.07) is 9.31. The molecule has 2 N–H and O–H groups in total. The lowest BCUT2D eigenvalue weighted by Gasteiger charge is -2.21. The lowest BCUT2D eigenvalue weighted by Crippen LogP contribution is -2.12. The van der Waals surface area contributed by atoms with Crippen LogP contribution in [0.25, 0.3) is 0 Å². The van der Waals surface area contributed by atoms with E-state index in [1.807, 2.05) is 24.3 Å². The van der Waals surface area contributed by atoms with E-state index in [1.54, 1.807) is 17.8 Å². The highest BCUT2D eigenvalue weighted by atomic mass is 35.5. The molecule has 0 amide bonds. The molecule has 2 aromatic rings. The topological polar surface area (TPSA) is 44.5 Å². The quantitative estimate of drug-likeness (QED) is 0.647. The minimum absolute atomic E-state index is 0.273. The first-order valence-electron chi connectivity index (χ1n) is 6.33. The Morgan fingerprint density at radius 3 is 2.86 bits per heavy atom. The van der Waals surface area contributed by atoms with Gasteiger partial charge in [-0.3, -0.25) is 0 Å². The van der Waals surface area contributed by atoms with Crippen LogP contribution < -0.4 is 10.5 Å². The summed E-state index contributed by atoms with van der Waals surface area (Å²) < 4.78 is 10.9. The molecule has 0 saturated heterocycles. The summed E-state index contributed by atoms with van der Waals surface area (Å²) in [5, 5.41) is 1.34. The SMILES string of the molecule is Nc1ccc(SCc2cc(Cl)cc3c2OCOC3)c(Cl)c1. The van der Waals surface area contributed by atoms with E-state index in [0.29, 0.717) is 28.1 Å². The first-order valence-corrected chi connectivity index (χ1v) is 8.07. The fraction of sp³-hybridized carbons (Fsp3) is 0.200. The van der Waals surface area contributed by atoms with Gasteiger partial charge in [-0.05, 0) is 30.3 Å². The summed E-state index contributed by atoms with van der Waals surface area (Å²) in [4.78, 5) is 0.978. The number of hydrogen-bond donors (Lipinski definition) is 1. The lowest BCUT2D eigenvalue weighted by atomic mass is 10.1. The highest BCUT2D eigenvalue weighted by Crippen LogP contribution is 2.37. The summed E-state index contributed by atoms with van der Waals surface area (Å²) in [5.74, 6) is 1.58. The van der Waals surface area contributed by atoms with Crippen molar-refractivity contribution >= 4 is 40.7 Å². The Balaban J connectivity index is 1.83. The van der Waals surface area contributed by atoms with Gasteiger partial charge in [-0.15, -0.1) is 11.8 Å². The fourth-order valence-electron chi connectivity index (χ4n) is 2.15. The molecule has 0 aromatic heterocycles. The second-order valence-corrected chi connectivity index (χ2v) is 6.50. The minimum atomic E-state index is 0.273. The van der Waals surface area contributed by atoms with Gasteiger partial charge in [-0.2, -0.15) is 0 Å². The number of thioether (sulfide) groups is 1. The highest BCUT2D eigenvalue weighted by molar-refractivity contribution is 7.98. The molecule has 0 bridgehead atoms. The predicted octanol–water partition coefficient (Wildman–Crippen LogP) is 4.73. The van der Waals surface area contributed by atoms with Crippen LogP contribution in [0.5, 0.6) is 5.75 Å². The zero-order chi connectivity index (χ0) is 14.8. The largest absolute Gasteiger partial charge is 0.467 e. The molecule has 0 atom stereocenters. The van der Waals surface area contributed by atoms with Crippen molar-refractivity contribution in [1.82, 2.24) is 0 Å². The van der Waals surface area contributed by atoms with Crippen LogP contribution in [-0.2, 0) is 17.1 Å². The first-order chi connectivity index (χ1) is 10.1. The zero-order valence-corrected chi connectivity index (χ0v) is 13.4. The highest BCUT2D eigenvalue weighted by Gasteiger charge is 2.16. The Kier molecular flexibility index (Phi) is 4.50. The van der Waals surface area contributed by atoms with E-state index in [9.17, 15) is 0 Å². The number of rotatable bonds is 3. The molecule has 21 heavy (non-hydrogen) atoms. The zero-order valence-electron chi connectivity index (χ0n) is 11.1. The number of nitrogen functional groups attached to an aromatic ring is 1. The number of anilines is 1. The van der Waals surface area contributed by atoms with Gasteiger partial charge in [0.2, 0.25) is 0 Å². The van der Waals surface area contributed by atoms with Gasteiger partial charge in [0.15, 0.2) is 6.79 Å². The van der Waals surface area contributed by atoms with Crippen molar-refractivity contribution in [3.8, 4) is 5.75 Å². The Morgan fingerprint density at radius 2 is 2.05 bits per heavy atom. The maximum absolute atomic E-state index is 6.19. The van der Waals surface area contributed by atoms with E-state index >= 15 is 0 Å². The Morgan fingerprint density at radius 1 is 1.19 bits per heavy atom. The molecule has 1 aliphatic rings. The van der Waals surface area contributed by atoms with Gasteiger partial charge in [-0.1, -0.05) is 23.2 Å². The van der Waals surface area contributed by atoms with Crippen molar-refractivity contribution in [3.63, 3.8) is 0 Å². The standard InChI is InChI=1S/C15H13Cl2NO2S/c16-11-3-9-6-19-8-20-15(9)10(4-11)7-21-14-2-1-12(18)5-13(14)17/h1-5H,6-8,18H2. The molecule has 110 valence electrons. The Labute approximate surface area is 137 Å². The first kappa shape index (κ1) is 14.9.